The smallest absolute Gasteiger partial charge is 0.0550 e. The summed E-state index contributed by atoms with van der Waals surface area (Å²) in [5, 5.41) is 6.01. The van der Waals surface area contributed by atoms with Gasteiger partial charge in [0.2, 0.25) is 0 Å². The van der Waals surface area contributed by atoms with Crippen molar-refractivity contribution in [3.63, 3.8) is 0 Å². The second-order valence-corrected chi connectivity index (χ2v) is 0.458. The van der Waals surface area contributed by atoms with Crippen molar-refractivity contribution in [2.75, 3.05) is 0 Å². The second kappa shape index (κ2) is 3.72. The molecule has 0 amide bonds. The first-order valence-corrected chi connectivity index (χ1v) is 1.22. The van der Waals surface area contributed by atoms with E-state index in [0.29, 0.717) is 0 Å². The highest BCUT2D eigenvalue weighted by Gasteiger charge is 1.46. The zero-order valence-electron chi connectivity index (χ0n) is 3.05. The molecule has 0 aliphatic heterocycles. The van der Waals surface area contributed by atoms with Crippen LogP contribution in [0.4, 0.5) is 0 Å². The van der Waals surface area contributed by atoms with Crippen molar-refractivity contribution in [1.29, 1.82) is 0 Å². The van der Waals surface area contributed by atoms with Gasteiger partial charge in [-0.2, -0.15) is 0 Å². The third-order valence-electron chi connectivity index (χ3n) is 0.165. The number of hydrogen-bond acceptors (Lipinski definition) is 2. The van der Waals surface area contributed by atoms with E-state index < -0.39 is 0 Å². The van der Waals surface area contributed by atoms with Crippen LogP contribution >= 0.6 is 0 Å². The van der Waals surface area contributed by atoms with Gasteiger partial charge in [-0.05, 0) is 0 Å². The van der Waals surface area contributed by atoms with Crippen molar-refractivity contribution in [1.82, 2.24) is 0 Å². The summed E-state index contributed by atoms with van der Waals surface area (Å²) in [5.74, 6) is 0. The van der Waals surface area contributed by atoms with Crippen molar-refractivity contribution in [2.45, 2.75) is 0 Å². The number of rotatable bonds is 0. The molecule has 0 heterocycles. The monoisotopic (exact) mass is 78.0 g/mol. The maximum Gasteiger partial charge on any atom is 0.0550 e. The molecule has 0 aromatic rings. The molecule has 6 heavy (non-hydrogen) atoms. The van der Waals surface area contributed by atoms with Gasteiger partial charge in [0, 0.05) is 0 Å². The van der Waals surface area contributed by atoms with Crippen LogP contribution in [0.1, 0.15) is 0 Å². The average molecular weight is 78.1 g/mol. The van der Waals surface area contributed by atoms with Crippen molar-refractivity contribution < 1.29 is 0 Å². The predicted octanol–water partition coefficient (Wildman–Crippen LogP) is 0.620. The van der Waals surface area contributed by atoms with E-state index in [0.717, 1.165) is 0 Å². The molecular weight excluding hydrogens is 76.1 g/mol. The highest BCUT2D eigenvalue weighted by molar-refractivity contribution is 4.83. The molecule has 0 radical (unpaired) electrons. The van der Waals surface area contributed by atoms with E-state index in [1.54, 1.807) is 0 Å². The lowest BCUT2D eigenvalue weighted by molar-refractivity contribution is 1.31. The molecule has 0 aromatic heterocycles. The normalized spacial score (nSPS) is 7.00. The van der Waals surface area contributed by atoms with Crippen LogP contribution in [0.5, 0.6) is 0 Å². The van der Waals surface area contributed by atoms with Crippen molar-refractivity contribution in [3.8, 4) is 24.9 Å². The van der Waals surface area contributed by atoms with E-state index in [1.165, 1.54) is 0 Å². The third kappa shape index (κ3) is 2.72. The van der Waals surface area contributed by atoms with E-state index in [2.05, 4.69) is 23.1 Å². The first-order chi connectivity index (χ1) is 2.91. The van der Waals surface area contributed by atoms with Crippen LogP contribution in [0.15, 0.2) is 10.2 Å². The molecule has 2 nitrogen and oxygen atoms in total. The largest absolute Gasteiger partial charge is 0.0928 e. The summed E-state index contributed by atoms with van der Waals surface area (Å²) >= 11 is 0. The van der Waals surface area contributed by atoms with Gasteiger partial charge in [-0.3, -0.25) is 0 Å². The fraction of sp³-hybridized carbons (Fsp3) is 0. The van der Waals surface area contributed by atoms with Gasteiger partial charge >= 0.3 is 0 Å². The molecule has 0 saturated heterocycles. The number of terminal acetylenes is 2. The Balaban J connectivity index is 3.36. The topological polar surface area (TPSA) is 24.7 Å². The maximum absolute atomic E-state index is 4.61. The van der Waals surface area contributed by atoms with Gasteiger partial charge in [0.15, 0.2) is 0 Å². The lowest BCUT2D eigenvalue weighted by Gasteiger charge is -1.53. The zero-order valence-corrected chi connectivity index (χ0v) is 3.05. The van der Waals surface area contributed by atoms with Crippen LogP contribution in [0.3, 0.4) is 0 Å². The van der Waals surface area contributed by atoms with E-state index >= 15 is 0 Å². The van der Waals surface area contributed by atoms with Crippen LogP contribution in [-0.2, 0) is 0 Å². The molecule has 0 atom stereocenters. The number of hydrogen-bond donors (Lipinski definition) is 0. The Kier molecular flexibility index (Phi) is 2.93. The molecule has 0 fully saturated rings. The standard InChI is InChI=1S/C4H2N2/c1-3-5-6-4-2/h1-2H. The van der Waals surface area contributed by atoms with Crippen molar-refractivity contribution in [3.05, 3.63) is 0 Å². The number of azo groups is 1. The fourth-order valence-corrected chi connectivity index (χ4v) is 0.0577. The minimum absolute atomic E-state index is 1.88. The molecule has 0 N–H and O–H groups in total. The zero-order chi connectivity index (χ0) is 4.83. The highest BCUT2D eigenvalue weighted by Crippen LogP contribution is 1.61. The summed E-state index contributed by atoms with van der Waals surface area (Å²) in [6.07, 6.45) is 9.22. The maximum atomic E-state index is 4.61. The summed E-state index contributed by atoms with van der Waals surface area (Å²) in [4.78, 5) is 0. The van der Waals surface area contributed by atoms with Crippen LogP contribution < -0.4 is 0 Å². The average Bonchev–Trinajstić information content (AvgIpc) is 1.61. The Labute approximate surface area is 36.3 Å². The third-order valence-corrected chi connectivity index (χ3v) is 0.165. The van der Waals surface area contributed by atoms with Gasteiger partial charge in [-0.1, -0.05) is 23.1 Å². The molecule has 0 saturated carbocycles. The van der Waals surface area contributed by atoms with Gasteiger partial charge in [0.1, 0.15) is 0 Å². The van der Waals surface area contributed by atoms with Gasteiger partial charge in [-0.15, -0.1) is 0 Å². The van der Waals surface area contributed by atoms with E-state index in [4.69, 9.17) is 0 Å². The molecule has 0 aliphatic rings. The Morgan fingerprint density at radius 3 is 1.50 bits per heavy atom. The highest BCUT2D eigenvalue weighted by atomic mass is 15.1. The first kappa shape index (κ1) is 4.72. The Morgan fingerprint density at radius 1 is 1.00 bits per heavy atom. The molecule has 0 aliphatic carbocycles. The van der Waals surface area contributed by atoms with Crippen LogP contribution in [0, 0.1) is 24.9 Å². The lowest BCUT2D eigenvalue weighted by Crippen LogP contribution is -1.39. The van der Waals surface area contributed by atoms with Gasteiger partial charge < -0.3 is 0 Å². The van der Waals surface area contributed by atoms with Crippen LogP contribution in [0.2, 0.25) is 0 Å². The Hall–Kier alpha value is -1.28. The van der Waals surface area contributed by atoms with Gasteiger partial charge in [0.25, 0.3) is 0 Å². The van der Waals surface area contributed by atoms with Crippen LogP contribution in [0.25, 0.3) is 0 Å². The molecular formula is C4H2N2. The van der Waals surface area contributed by atoms with Gasteiger partial charge in [-0.25, -0.2) is 0 Å². The minimum atomic E-state index is 1.88. The minimum Gasteiger partial charge on any atom is -0.0928 e. The van der Waals surface area contributed by atoms with E-state index in [1.807, 2.05) is 12.1 Å². The number of nitrogens with zero attached hydrogens (tertiary/aromatic N) is 2. The predicted molar refractivity (Wildman–Crippen MR) is 22.5 cm³/mol. The first-order valence-electron chi connectivity index (χ1n) is 1.22. The fourth-order valence-electron chi connectivity index (χ4n) is 0.0577. The van der Waals surface area contributed by atoms with E-state index in [9.17, 15) is 0 Å². The molecule has 28 valence electrons. The summed E-state index contributed by atoms with van der Waals surface area (Å²) in [7, 11) is 0. The summed E-state index contributed by atoms with van der Waals surface area (Å²) < 4.78 is 0. The van der Waals surface area contributed by atoms with Crippen molar-refractivity contribution >= 4 is 0 Å². The molecule has 0 bridgehead atoms. The Morgan fingerprint density at radius 2 is 1.33 bits per heavy atom. The molecule has 0 spiro atoms. The van der Waals surface area contributed by atoms with Gasteiger partial charge in [0.05, 0.1) is 12.1 Å². The molecule has 0 aromatic carbocycles. The lowest BCUT2D eigenvalue weighted by atomic mass is 11.2. The second-order valence-electron chi connectivity index (χ2n) is 0.458. The summed E-state index contributed by atoms with van der Waals surface area (Å²) in [5.41, 5.74) is 0. The SMILES string of the molecule is C#CN=NC#C. The molecule has 0 unspecified atom stereocenters. The molecule has 2 heteroatoms. The van der Waals surface area contributed by atoms with Crippen molar-refractivity contribution in [2.24, 2.45) is 10.2 Å². The summed E-state index contributed by atoms with van der Waals surface area (Å²) in [6, 6.07) is 3.77. The summed E-state index contributed by atoms with van der Waals surface area (Å²) in [6.45, 7) is 0. The molecule has 0 rings (SSSR count). The van der Waals surface area contributed by atoms with E-state index in [-0.39, 0.29) is 0 Å². The Bertz CT molecular complexity index is 105. The van der Waals surface area contributed by atoms with Crippen LogP contribution in [-0.4, -0.2) is 0 Å². The quantitative estimate of drug-likeness (QED) is 0.300.